The van der Waals surface area contributed by atoms with Crippen molar-refractivity contribution in [1.29, 1.82) is 0 Å². The Hall–Kier alpha value is -0.0800. The van der Waals surface area contributed by atoms with Gasteiger partial charge in [-0.25, -0.2) is 0 Å². The molecule has 0 heterocycles. The van der Waals surface area contributed by atoms with E-state index in [-0.39, 0.29) is 0 Å². The molecule has 2 aliphatic carbocycles. The van der Waals surface area contributed by atoms with Crippen LogP contribution in [0.5, 0.6) is 0 Å². The summed E-state index contributed by atoms with van der Waals surface area (Å²) in [4.78, 5) is 2.79. The van der Waals surface area contributed by atoms with E-state index in [0.717, 1.165) is 23.9 Å². The maximum absolute atomic E-state index is 3.68. The van der Waals surface area contributed by atoms with Crippen molar-refractivity contribution in [2.45, 2.75) is 71.4 Å². The fraction of sp³-hybridized carbons (Fsp3) is 1.00. The second-order valence-corrected chi connectivity index (χ2v) is 7.07. The van der Waals surface area contributed by atoms with Gasteiger partial charge in [-0.15, -0.1) is 0 Å². The van der Waals surface area contributed by atoms with Crippen molar-refractivity contribution in [1.82, 2.24) is 10.2 Å². The Bertz CT molecular complexity index is 229. The molecular formula is C16H32N2. The molecule has 0 spiro atoms. The van der Waals surface area contributed by atoms with Gasteiger partial charge in [0.25, 0.3) is 0 Å². The van der Waals surface area contributed by atoms with Crippen LogP contribution in [0, 0.1) is 11.8 Å². The number of rotatable bonds is 8. The summed E-state index contributed by atoms with van der Waals surface area (Å²) in [6.07, 6.45) is 8.60. The molecule has 106 valence electrons. The predicted octanol–water partition coefficient (Wildman–Crippen LogP) is 3.28. The van der Waals surface area contributed by atoms with Crippen LogP contribution in [-0.2, 0) is 0 Å². The van der Waals surface area contributed by atoms with Crippen molar-refractivity contribution in [3.63, 3.8) is 0 Å². The zero-order valence-corrected chi connectivity index (χ0v) is 12.6. The van der Waals surface area contributed by atoms with Crippen molar-refractivity contribution < 1.29 is 0 Å². The number of hydrogen-bond donors (Lipinski definition) is 1. The topological polar surface area (TPSA) is 15.3 Å². The van der Waals surface area contributed by atoms with Crippen molar-refractivity contribution in [2.24, 2.45) is 11.8 Å². The Morgan fingerprint density at radius 3 is 2.22 bits per heavy atom. The van der Waals surface area contributed by atoms with Crippen molar-refractivity contribution in [2.75, 3.05) is 19.6 Å². The molecule has 1 atom stereocenters. The lowest BCUT2D eigenvalue weighted by Crippen LogP contribution is -2.41. The van der Waals surface area contributed by atoms with Gasteiger partial charge in [0.15, 0.2) is 0 Å². The molecule has 0 radical (unpaired) electrons. The molecule has 2 heteroatoms. The minimum Gasteiger partial charge on any atom is -0.314 e. The highest BCUT2D eigenvalue weighted by Gasteiger charge is 2.25. The van der Waals surface area contributed by atoms with E-state index in [9.17, 15) is 0 Å². The first kappa shape index (κ1) is 14.3. The largest absolute Gasteiger partial charge is 0.314 e. The maximum atomic E-state index is 3.68. The van der Waals surface area contributed by atoms with Gasteiger partial charge in [-0.3, -0.25) is 4.90 Å². The van der Waals surface area contributed by atoms with Crippen LogP contribution in [0.15, 0.2) is 0 Å². The number of nitrogens with one attached hydrogen (secondary N) is 1. The first-order valence-electron chi connectivity index (χ1n) is 8.12. The smallest absolute Gasteiger partial charge is 0.00954 e. The van der Waals surface area contributed by atoms with E-state index in [1.807, 2.05) is 0 Å². The molecular weight excluding hydrogens is 220 g/mol. The van der Waals surface area contributed by atoms with E-state index in [1.54, 1.807) is 0 Å². The highest BCUT2D eigenvalue weighted by Crippen LogP contribution is 2.25. The minimum absolute atomic E-state index is 0.796. The zero-order valence-electron chi connectivity index (χ0n) is 12.6. The molecule has 0 aromatic rings. The Balaban J connectivity index is 1.74. The minimum atomic E-state index is 0.796. The van der Waals surface area contributed by atoms with Crippen LogP contribution < -0.4 is 5.32 Å². The molecule has 0 amide bonds. The zero-order chi connectivity index (χ0) is 13.0. The SMILES string of the molecule is CC(C)CN(CC(C)CNC1CC1)C1CCCC1. The van der Waals surface area contributed by atoms with Crippen LogP contribution in [0.4, 0.5) is 0 Å². The average Bonchev–Trinajstić information content (AvgIpc) is 2.97. The number of nitrogens with zero attached hydrogens (tertiary/aromatic N) is 1. The molecule has 2 rings (SSSR count). The van der Waals surface area contributed by atoms with Gasteiger partial charge in [0.05, 0.1) is 0 Å². The summed E-state index contributed by atoms with van der Waals surface area (Å²) in [5.41, 5.74) is 0. The summed E-state index contributed by atoms with van der Waals surface area (Å²) >= 11 is 0. The Kier molecular flexibility index (Phi) is 5.50. The van der Waals surface area contributed by atoms with Crippen molar-refractivity contribution in [3.8, 4) is 0 Å². The normalized spacial score (nSPS) is 23.2. The lowest BCUT2D eigenvalue weighted by molar-refractivity contribution is 0.153. The summed E-state index contributed by atoms with van der Waals surface area (Å²) in [6, 6.07) is 1.74. The van der Waals surface area contributed by atoms with Crippen LogP contribution in [-0.4, -0.2) is 36.6 Å². The lowest BCUT2D eigenvalue weighted by atomic mass is 10.1. The van der Waals surface area contributed by atoms with Gasteiger partial charge in [-0.1, -0.05) is 33.6 Å². The van der Waals surface area contributed by atoms with E-state index in [1.165, 1.54) is 58.2 Å². The molecule has 2 fully saturated rings. The Morgan fingerprint density at radius 2 is 1.67 bits per heavy atom. The van der Waals surface area contributed by atoms with Gasteiger partial charge in [-0.2, -0.15) is 0 Å². The highest BCUT2D eigenvalue weighted by atomic mass is 15.2. The second-order valence-electron chi connectivity index (χ2n) is 7.07. The van der Waals surface area contributed by atoms with Crippen LogP contribution in [0.3, 0.4) is 0 Å². The fourth-order valence-corrected chi connectivity index (χ4v) is 3.23. The molecule has 2 aliphatic rings. The van der Waals surface area contributed by atoms with Gasteiger partial charge in [-0.05, 0) is 44.1 Å². The number of hydrogen-bond acceptors (Lipinski definition) is 2. The van der Waals surface area contributed by atoms with E-state index in [2.05, 4.69) is 31.0 Å². The van der Waals surface area contributed by atoms with Gasteiger partial charge in [0.1, 0.15) is 0 Å². The Labute approximate surface area is 114 Å². The molecule has 1 N–H and O–H groups in total. The predicted molar refractivity (Wildman–Crippen MR) is 78.9 cm³/mol. The van der Waals surface area contributed by atoms with Crippen molar-refractivity contribution in [3.05, 3.63) is 0 Å². The molecule has 0 aromatic heterocycles. The fourth-order valence-electron chi connectivity index (χ4n) is 3.23. The van der Waals surface area contributed by atoms with E-state index in [0.29, 0.717) is 0 Å². The molecule has 2 saturated carbocycles. The summed E-state index contributed by atoms with van der Waals surface area (Å²) in [7, 11) is 0. The first-order valence-corrected chi connectivity index (χ1v) is 8.12. The lowest BCUT2D eigenvalue weighted by Gasteiger charge is -2.32. The third kappa shape index (κ3) is 4.89. The van der Waals surface area contributed by atoms with Gasteiger partial charge in [0.2, 0.25) is 0 Å². The summed E-state index contributed by atoms with van der Waals surface area (Å²) < 4.78 is 0. The highest BCUT2D eigenvalue weighted by molar-refractivity contribution is 4.83. The van der Waals surface area contributed by atoms with E-state index < -0.39 is 0 Å². The first-order chi connectivity index (χ1) is 8.65. The summed E-state index contributed by atoms with van der Waals surface area (Å²) in [6.45, 7) is 10.9. The maximum Gasteiger partial charge on any atom is 0.00954 e. The van der Waals surface area contributed by atoms with E-state index in [4.69, 9.17) is 0 Å². The molecule has 1 unspecified atom stereocenters. The van der Waals surface area contributed by atoms with Crippen LogP contribution in [0.1, 0.15) is 59.3 Å². The molecule has 0 aliphatic heterocycles. The van der Waals surface area contributed by atoms with Crippen LogP contribution in [0.25, 0.3) is 0 Å². The third-order valence-corrected chi connectivity index (χ3v) is 4.32. The molecule has 0 saturated heterocycles. The summed E-state index contributed by atoms with van der Waals surface area (Å²) in [5.74, 6) is 1.60. The third-order valence-electron chi connectivity index (χ3n) is 4.32. The monoisotopic (exact) mass is 252 g/mol. The molecule has 2 nitrogen and oxygen atoms in total. The Morgan fingerprint density at radius 1 is 1.00 bits per heavy atom. The summed E-state index contributed by atoms with van der Waals surface area (Å²) in [5, 5.41) is 3.68. The average molecular weight is 252 g/mol. The molecule has 18 heavy (non-hydrogen) atoms. The van der Waals surface area contributed by atoms with E-state index >= 15 is 0 Å². The molecule has 0 aromatic carbocycles. The quantitative estimate of drug-likeness (QED) is 0.713. The standard InChI is InChI=1S/C16H32N2/c1-13(2)11-18(16-6-4-5-7-16)12-14(3)10-17-15-8-9-15/h13-17H,4-12H2,1-3H3. The van der Waals surface area contributed by atoms with Crippen molar-refractivity contribution >= 4 is 0 Å². The van der Waals surface area contributed by atoms with Gasteiger partial charge in [0, 0.05) is 25.2 Å². The van der Waals surface area contributed by atoms with Gasteiger partial charge >= 0.3 is 0 Å². The van der Waals surface area contributed by atoms with Gasteiger partial charge < -0.3 is 5.32 Å². The van der Waals surface area contributed by atoms with Crippen LogP contribution in [0.2, 0.25) is 0 Å². The second kappa shape index (κ2) is 6.91. The molecule has 0 bridgehead atoms. The van der Waals surface area contributed by atoms with Crippen LogP contribution >= 0.6 is 0 Å².